The van der Waals surface area contributed by atoms with Crippen molar-refractivity contribution in [1.29, 1.82) is 0 Å². The highest BCUT2D eigenvalue weighted by atomic mass is 35.5. The maximum atomic E-state index is 13.3. The topological polar surface area (TPSA) is 41.1 Å². The molecule has 0 spiro atoms. The van der Waals surface area contributed by atoms with Gasteiger partial charge in [0.15, 0.2) is 11.6 Å². The van der Waals surface area contributed by atoms with E-state index in [-0.39, 0.29) is 30.1 Å². The zero-order chi connectivity index (χ0) is 9.97. The Hall–Kier alpha value is -0.360. The normalized spacial score (nSPS) is 15.0. The van der Waals surface area contributed by atoms with E-state index < -0.39 is 5.82 Å². The first-order valence-corrected chi connectivity index (χ1v) is 4.79. The molecule has 2 heterocycles. The molecule has 2 rings (SSSR count). The number of anilines is 1. The monoisotopic (exact) mass is 288 g/mol. The molecule has 0 saturated carbocycles. The third kappa shape index (κ3) is 3.59. The lowest BCUT2D eigenvalue weighted by atomic mass is 10.3. The lowest BCUT2D eigenvalue weighted by molar-refractivity contribution is 0.555. The summed E-state index contributed by atoms with van der Waals surface area (Å²) < 4.78 is 13.3. The first-order chi connectivity index (χ1) is 6.77. The highest BCUT2D eigenvalue weighted by Crippen LogP contribution is 2.17. The molecule has 8 heteroatoms. The molecule has 1 aliphatic rings. The van der Waals surface area contributed by atoms with E-state index >= 15 is 0 Å². The summed E-state index contributed by atoms with van der Waals surface area (Å²) in [6.07, 6.45) is 1.10. The van der Waals surface area contributed by atoms with Crippen LogP contribution in [0.25, 0.3) is 0 Å². The molecule has 0 unspecified atom stereocenters. The van der Waals surface area contributed by atoms with Crippen molar-refractivity contribution < 1.29 is 4.39 Å². The second kappa shape index (κ2) is 7.06. The van der Waals surface area contributed by atoms with Crippen molar-refractivity contribution in [2.45, 2.75) is 0 Å². The standard InChI is InChI=1S/C8H10ClFN4.2ClH/c9-8-12-5-6(10)7(13-8)14-3-1-11-2-4-14;;/h5,11H,1-4H2;2*1H. The Bertz CT molecular complexity index is 333. The second-order valence-corrected chi connectivity index (χ2v) is 3.39. The van der Waals surface area contributed by atoms with Gasteiger partial charge in [-0.15, -0.1) is 24.8 Å². The van der Waals surface area contributed by atoms with Gasteiger partial charge in [-0.2, -0.15) is 4.98 Å². The molecular formula is C8H12Cl3FN4. The van der Waals surface area contributed by atoms with Crippen LogP contribution in [0.4, 0.5) is 10.2 Å². The van der Waals surface area contributed by atoms with Crippen LogP contribution in [0.1, 0.15) is 0 Å². The molecule has 1 aromatic rings. The molecule has 1 fully saturated rings. The summed E-state index contributed by atoms with van der Waals surface area (Å²) in [5.41, 5.74) is 0. The van der Waals surface area contributed by atoms with Crippen molar-refractivity contribution >= 4 is 42.2 Å². The Labute approximate surface area is 110 Å². The van der Waals surface area contributed by atoms with E-state index in [4.69, 9.17) is 11.6 Å². The summed E-state index contributed by atoms with van der Waals surface area (Å²) >= 11 is 5.60. The van der Waals surface area contributed by atoms with Gasteiger partial charge in [0.1, 0.15) is 0 Å². The molecule has 0 bridgehead atoms. The molecule has 1 N–H and O–H groups in total. The zero-order valence-corrected chi connectivity index (χ0v) is 10.7. The summed E-state index contributed by atoms with van der Waals surface area (Å²) in [6.45, 7) is 3.15. The van der Waals surface area contributed by atoms with E-state index in [1.807, 2.05) is 4.90 Å². The van der Waals surface area contributed by atoms with Crippen molar-refractivity contribution in [2.75, 3.05) is 31.1 Å². The van der Waals surface area contributed by atoms with E-state index in [9.17, 15) is 4.39 Å². The number of aromatic nitrogens is 2. The Kier molecular flexibility index (Phi) is 6.90. The van der Waals surface area contributed by atoms with E-state index in [2.05, 4.69) is 15.3 Å². The van der Waals surface area contributed by atoms with Gasteiger partial charge in [0.2, 0.25) is 5.28 Å². The number of piperazine rings is 1. The summed E-state index contributed by atoms with van der Waals surface area (Å²) in [4.78, 5) is 9.31. The third-order valence-electron chi connectivity index (χ3n) is 2.11. The SMILES string of the molecule is Cl.Cl.Fc1cnc(Cl)nc1N1CCNCC1. The van der Waals surface area contributed by atoms with Crippen molar-refractivity contribution in [2.24, 2.45) is 0 Å². The molecule has 0 radical (unpaired) electrons. The average Bonchev–Trinajstić information content (AvgIpc) is 2.23. The molecule has 0 amide bonds. The minimum Gasteiger partial charge on any atom is -0.351 e. The van der Waals surface area contributed by atoms with Crippen LogP contribution in [0.5, 0.6) is 0 Å². The summed E-state index contributed by atoms with van der Waals surface area (Å²) in [5, 5.41) is 3.26. The fourth-order valence-corrected chi connectivity index (χ4v) is 1.56. The van der Waals surface area contributed by atoms with Gasteiger partial charge in [0, 0.05) is 26.2 Å². The van der Waals surface area contributed by atoms with Crippen LogP contribution in [-0.4, -0.2) is 36.1 Å². The smallest absolute Gasteiger partial charge is 0.224 e. The van der Waals surface area contributed by atoms with Crippen LogP contribution >= 0.6 is 36.4 Å². The fourth-order valence-electron chi connectivity index (χ4n) is 1.44. The first kappa shape index (κ1) is 15.6. The zero-order valence-electron chi connectivity index (χ0n) is 8.32. The molecule has 16 heavy (non-hydrogen) atoms. The van der Waals surface area contributed by atoms with E-state index in [0.717, 1.165) is 32.4 Å². The maximum absolute atomic E-state index is 13.3. The van der Waals surface area contributed by atoms with Gasteiger partial charge >= 0.3 is 0 Å². The van der Waals surface area contributed by atoms with Gasteiger partial charge in [0.05, 0.1) is 6.20 Å². The van der Waals surface area contributed by atoms with Gasteiger partial charge in [-0.25, -0.2) is 9.37 Å². The highest BCUT2D eigenvalue weighted by molar-refractivity contribution is 6.28. The quantitative estimate of drug-likeness (QED) is 0.796. The number of hydrogen-bond donors (Lipinski definition) is 1. The van der Waals surface area contributed by atoms with Crippen molar-refractivity contribution in [3.05, 3.63) is 17.3 Å². The van der Waals surface area contributed by atoms with Crippen LogP contribution in [-0.2, 0) is 0 Å². The van der Waals surface area contributed by atoms with E-state index in [0.29, 0.717) is 5.82 Å². The fraction of sp³-hybridized carbons (Fsp3) is 0.500. The van der Waals surface area contributed by atoms with Gasteiger partial charge in [-0.1, -0.05) is 0 Å². The molecule has 1 saturated heterocycles. The largest absolute Gasteiger partial charge is 0.351 e. The number of nitrogens with zero attached hydrogens (tertiary/aromatic N) is 3. The summed E-state index contributed by atoms with van der Waals surface area (Å²) in [6, 6.07) is 0. The Morgan fingerprint density at radius 2 is 1.94 bits per heavy atom. The lowest BCUT2D eigenvalue weighted by Gasteiger charge is -2.28. The predicted octanol–water partition coefficient (Wildman–Crippen LogP) is 1.52. The van der Waals surface area contributed by atoms with Crippen molar-refractivity contribution in [1.82, 2.24) is 15.3 Å². The number of hydrogen-bond acceptors (Lipinski definition) is 4. The van der Waals surface area contributed by atoms with Crippen LogP contribution in [0, 0.1) is 5.82 Å². The minimum absolute atomic E-state index is 0. The highest BCUT2D eigenvalue weighted by Gasteiger charge is 2.16. The minimum atomic E-state index is -0.420. The molecule has 0 atom stereocenters. The van der Waals surface area contributed by atoms with Gasteiger partial charge in [-0.05, 0) is 11.6 Å². The number of halogens is 4. The Balaban J connectivity index is 0.00000112. The van der Waals surface area contributed by atoms with Crippen LogP contribution < -0.4 is 10.2 Å². The Morgan fingerprint density at radius 3 is 2.56 bits per heavy atom. The van der Waals surface area contributed by atoms with Crippen LogP contribution in [0.2, 0.25) is 5.28 Å². The molecule has 0 aliphatic carbocycles. The van der Waals surface area contributed by atoms with Gasteiger partial charge in [-0.3, -0.25) is 0 Å². The van der Waals surface area contributed by atoms with E-state index in [1.165, 1.54) is 0 Å². The van der Waals surface area contributed by atoms with E-state index in [1.54, 1.807) is 0 Å². The van der Waals surface area contributed by atoms with Crippen LogP contribution in [0.15, 0.2) is 6.20 Å². The number of nitrogens with one attached hydrogen (secondary N) is 1. The maximum Gasteiger partial charge on any atom is 0.224 e. The lowest BCUT2D eigenvalue weighted by Crippen LogP contribution is -2.44. The number of rotatable bonds is 1. The molecule has 1 aromatic heterocycles. The van der Waals surface area contributed by atoms with Crippen molar-refractivity contribution in [3.63, 3.8) is 0 Å². The molecular weight excluding hydrogens is 277 g/mol. The summed E-state index contributed by atoms with van der Waals surface area (Å²) in [7, 11) is 0. The average molecular weight is 290 g/mol. The van der Waals surface area contributed by atoms with Crippen molar-refractivity contribution in [3.8, 4) is 0 Å². The van der Waals surface area contributed by atoms with Crippen LogP contribution in [0.3, 0.4) is 0 Å². The molecule has 4 nitrogen and oxygen atoms in total. The molecule has 1 aliphatic heterocycles. The van der Waals surface area contributed by atoms with Gasteiger partial charge in [0.25, 0.3) is 0 Å². The third-order valence-corrected chi connectivity index (χ3v) is 2.29. The Morgan fingerprint density at radius 1 is 1.31 bits per heavy atom. The summed E-state index contributed by atoms with van der Waals surface area (Å²) in [5.74, 6) is -0.122. The predicted molar refractivity (Wildman–Crippen MR) is 66.6 cm³/mol. The molecule has 92 valence electrons. The first-order valence-electron chi connectivity index (χ1n) is 4.41. The second-order valence-electron chi connectivity index (χ2n) is 3.05. The van der Waals surface area contributed by atoms with Gasteiger partial charge < -0.3 is 10.2 Å². The molecule has 0 aromatic carbocycles.